The van der Waals surface area contributed by atoms with Gasteiger partial charge in [0.2, 0.25) is 18.9 Å². The van der Waals surface area contributed by atoms with E-state index in [9.17, 15) is 24.0 Å². The Morgan fingerprint density at radius 2 is 1.69 bits per heavy atom. The lowest BCUT2D eigenvalue weighted by atomic mass is 10.0. The van der Waals surface area contributed by atoms with Crippen LogP contribution < -0.4 is 11.2 Å². The fourth-order valence-electron chi connectivity index (χ4n) is 5.86. The molecule has 0 radical (unpaired) electrons. The Morgan fingerprint density at radius 3 is 2.27 bits per heavy atom. The number of rotatable bonds is 16. The van der Waals surface area contributed by atoms with E-state index in [0.717, 1.165) is 4.90 Å². The van der Waals surface area contributed by atoms with Crippen molar-refractivity contribution in [1.82, 2.24) is 24.3 Å². The minimum absolute atomic E-state index is 0.0191. The van der Waals surface area contributed by atoms with Gasteiger partial charge in [-0.1, -0.05) is 19.1 Å². The van der Waals surface area contributed by atoms with Gasteiger partial charge in [0, 0.05) is 43.9 Å². The van der Waals surface area contributed by atoms with Gasteiger partial charge in [0.1, 0.15) is 19.3 Å². The van der Waals surface area contributed by atoms with Gasteiger partial charge in [-0.25, -0.2) is 11.4 Å². The van der Waals surface area contributed by atoms with E-state index in [1.54, 1.807) is 31.3 Å². The van der Waals surface area contributed by atoms with E-state index in [1.807, 2.05) is 39.5 Å². The lowest BCUT2D eigenvalue weighted by Gasteiger charge is -2.39. The zero-order chi connectivity index (χ0) is 35.1. The lowest BCUT2D eigenvalue weighted by molar-refractivity contribution is -0.272. The summed E-state index contributed by atoms with van der Waals surface area (Å²) in [6, 6.07) is 7.72. The third-order valence-electron chi connectivity index (χ3n) is 8.45. The summed E-state index contributed by atoms with van der Waals surface area (Å²) in [5, 5.41) is 0. The minimum Gasteiger partial charge on any atom is -0.377 e. The monoisotopic (exact) mass is 668 g/mol. The highest BCUT2D eigenvalue weighted by Crippen LogP contribution is 2.37. The number of imide groups is 1. The number of nitrogens with one attached hydrogen (secondary N) is 1. The van der Waals surface area contributed by atoms with Gasteiger partial charge in [-0.05, 0) is 39.8 Å². The Morgan fingerprint density at radius 1 is 1.04 bits per heavy atom. The van der Waals surface area contributed by atoms with Gasteiger partial charge in [-0.15, -0.1) is 0 Å². The molecule has 0 bridgehead atoms. The first kappa shape index (κ1) is 36.6. The largest absolute Gasteiger partial charge is 0.377 e. The molecule has 15 heteroatoms. The van der Waals surface area contributed by atoms with E-state index >= 15 is 0 Å². The molecule has 0 saturated carbocycles. The normalized spacial score (nSPS) is 21.3. The predicted octanol–water partition coefficient (Wildman–Crippen LogP) is 1.56. The number of nitrogens with zero attached hydrogens (tertiary/aromatic N) is 5. The first-order chi connectivity index (χ1) is 22.8. The van der Waals surface area contributed by atoms with Crippen LogP contribution in [0.4, 0.5) is 0 Å². The molecule has 1 N–H and O–H groups in total. The topological polar surface area (TPSA) is 157 Å². The fourth-order valence-corrected chi connectivity index (χ4v) is 5.86. The zero-order valence-electron chi connectivity index (χ0n) is 28.2. The molecule has 1 aromatic carbocycles. The van der Waals surface area contributed by atoms with Crippen molar-refractivity contribution in [2.75, 3.05) is 46.5 Å². The number of likely N-dealkylation sites (N-methyl/N-ethyl adjacent to an activating group) is 1. The molecule has 2 aliphatic heterocycles. The number of aromatic amines is 1. The van der Waals surface area contributed by atoms with E-state index < -0.39 is 53.8 Å². The maximum Gasteiger partial charge on any atom is 0.330 e. The average Bonchev–Trinajstić information content (AvgIpc) is 3.46. The van der Waals surface area contributed by atoms with Gasteiger partial charge >= 0.3 is 5.69 Å². The van der Waals surface area contributed by atoms with Crippen LogP contribution in [0.5, 0.6) is 0 Å². The Bertz CT molecular complexity index is 1570. The number of carbonyl (C=O) groups is 3. The van der Waals surface area contributed by atoms with Crippen LogP contribution in [0.2, 0.25) is 0 Å². The van der Waals surface area contributed by atoms with Crippen LogP contribution in [-0.4, -0.2) is 119 Å². The SMILES string of the molecule is [C-]#[N+]CCOC(O[C@H]1C(C)[C@@H](COCCN(C)C(=O)CN2C(=O)c3ccccc3C2=O)O[C@H]1n1ccc(=O)[nH]c1=O)N(C(C)C)C(C)C. The third-order valence-corrected chi connectivity index (χ3v) is 8.45. The first-order valence-electron chi connectivity index (χ1n) is 16.0. The third kappa shape index (κ3) is 8.26. The first-order valence-corrected chi connectivity index (χ1v) is 16.0. The number of benzene rings is 1. The number of H-pyrrole nitrogens is 1. The van der Waals surface area contributed by atoms with Crippen LogP contribution in [0.15, 0.2) is 46.1 Å². The second-order valence-electron chi connectivity index (χ2n) is 12.4. The number of hydrogen-bond acceptors (Lipinski definition) is 10. The van der Waals surface area contributed by atoms with Gasteiger partial charge in [-0.2, -0.15) is 0 Å². The summed E-state index contributed by atoms with van der Waals surface area (Å²) in [5.41, 5.74) is -0.659. The van der Waals surface area contributed by atoms with E-state index in [0.29, 0.717) is 0 Å². The highest BCUT2D eigenvalue weighted by molar-refractivity contribution is 6.22. The Hall–Kier alpha value is -4.20. The zero-order valence-corrected chi connectivity index (χ0v) is 28.2. The van der Waals surface area contributed by atoms with Crippen LogP contribution in [-0.2, 0) is 23.7 Å². The van der Waals surface area contributed by atoms with Crippen molar-refractivity contribution >= 4 is 17.7 Å². The molecule has 1 saturated heterocycles. The highest BCUT2D eigenvalue weighted by Gasteiger charge is 2.46. The van der Waals surface area contributed by atoms with Gasteiger partial charge in [0.25, 0.3) is 17.4 Å². The van der Waals surface area contributed by atoms with Crippen LogP contribution in [0.1, 0.15) is 61.6 Å². The van der Waals surface area contributed by atoms with E-state index in [-0.39, 0.29) is 68.6 Å². The minimum atomic E-state index is -0.935. The molecule has 2 aromatic rings. The molecule has 260 valence electrons. The number of amides is 3. The van der Waals surface area contributed by atoms with E-state index in [2.05, 4.69) is 9.83 Å². The maximum absolute atomic E-state index is 12.9. The molecule has 0 aliphatic carbocycles. The summed E-state index contributed by atoms with van der Waals surface area (Å²) in [6.45, 7) is 17.4. The molecular formula is C33H44N6O9. The second-order valence-corrected chi connectivity index (χ2v) is 12.4. The summed E-state index contributed by atoms with van der Waals surface area (Å²) in [6.07, 6.45) is -1.71. The van der Waals surface area contributed by atoms with Crippen molar-refractivity contribution in [3.8, 4) is 0 Å². The summed E-state index contributed by atoms with van der Waals surface area (Å²) in [5.74, 6) is -1.75. The van der Waals surface area contributed by atoms with Gasteiger partial charge in [-0.3, -0.25) is 38.5 Å². The average molecular weight is 669 g/mol. The fraction of sp³-hybridized carbons (Fsp3) is 0.576. The molecule has 15 nitrogen and oxygen atoms in total. The maximum atomic E-state index is 12.9. The molecule has 1 aromatic heterocycles. The smallest absolute Gasteiger partial charge is 0.330 e. The Balaban J connectivity index is 1.41. The van der Waals surface area contributed by atoms with Crippen LogP contribution >= 0.6 is 0 Å². The molecule has 4 rings (SSSR count). The Kier molecular flexibility index (Phi) is 12.4. The van der Waals surface area contributed by atoms with Gasteiger partial charge in [0.05, 0.1) is 30.4 Å². The van der Waals surface area contributed by atoms with Gasteiger partial charge < -0.3 is 28.7 Å². The van der Waals surface area contributed by atoms with Crippen LogP contribution in [0.3, 0.4) is 0 Å². The van der Waals surface area contributed by atoms with Crippen molar-refractivity contribution in [2.45, 2.75) is 71.6 Å². The molecular weight excluding hydrogens is 624 g/mol. The van der Waals surface area contributed by atoms with Crippen molar-refractivity contribution in [2.24, 2.45) is 5.92 Å². The quantitative estimate of drug-likeness (QED) is 0.121. The Labute approximate surface area is 279 Å². The van der Waals surface area contributed by atoms with Crippen LogP contribution in [0.25, 0.3) is 4.85 Å². The highest BCUT2D eigenvalue weighted by atomic mass is 16.7. The van der Waals surface area contributed by atoms with Crippen molar-refractivity contribution in [3.05, 3.63) is 79.9 Å². The molecule has 5 atom stereocenters. The summed E-state index contributed by atoms with van der Waals surface area (Å²) >= 11 is 0. The number of ether oxygens (including phenoxy) is 4. The molecule has 48 heavy (non-hydrogen) atoms. The number of fused-ring (bicyclic) bond motifs is 1. The number of hydrogen-bond donors (Lipinski definition) is 1. The summed E-state index contributed by atoms with van der Waals surface area (Å²) in [7, 11) is 1.56. The molecule has 3 amide bonds. The molecule has 2 unspecified atom stereocenters. The lowest BCUT2D eigenvalue weighted by Crippen LogP contribution is -2.51. The van der Waals surface area contributed by atoms with Crippen molar-refractivity contribution in [1.29, 1.82) is 0 Å². The van der Waals surface area contributed by atoms with Crippen LogP contribution in [0, 0.1) is 12.5 Å². The van der Waals surface area contributed by atoms with Gasteiger partial charge in [0.15, 0.2) is 6.23 Å². The van der Waals surface area contributed by atoms with E-state index in [1.165, 1.54) is 21.7 Å². The van der Waals surface area contributed by atoms with Crippen molar-refractivity contribution < 1.29 is 33.3 Å². The molecule has 1 fully saturated rings. The summed E-state index contributed by atoms with van der Waals surface area (Å²) in [4.78, 5) is 72.8. The van der Waals surface area contributed by atoms with E-state index in [4.69, 9.17) is 25.5 Å². The van der Waals surface area contributed by atoms with Crippen molar-refractivity contribution in [3.63, 3.8) is 0 Å². The predicted molar refractivity (Wildman–Crippen MR) is 173 cm³/mol. The number of carbonyl (C=O) groups excluding carboxylic acids is 3. The molecule has 0 spiro atoms. The number of aromatic nitrogens is 2. The molecule has 2 aliphatic rings. The summed E-state index contributed by atoms with van der Waals surface area (Å²) < 4.78 is 26.1. The standard InChI is InChI=1S/C33H44N6O9/c1-20(2)39(21(3)4)33(46-16-13-34-6)48-28-22(5)25(47-31(28)37-14-12-26(40)35-32(37)44)19-45-17-15-36(7)27(41)18-38-29(42)23-10-8-9-11-24(23)30(38)43/h8-12,14,20-22,25,28,31,33H,13,15-19H2,1-5,7H3,(H,35,40,44)/t22?,25-,28+,31-,33?/m1/s1. The second kappa shape index (κ2) is 16.3. The molecule has 3 heterocycles.